The van der Waals surface area contributed by atoms with Crippen LogP contribution in [0.4, 0.5) is 4.39 Å². The van der Waals surface area contributed by atoms with E-state index in [0.717, 1.165) is 57.7 Å². The molecule has 1 unspecified atom stereocenters. The standard InChI is InChI=1S/C38H37FN2O6/c1-24-16-30(21-41-13-4-3-8-33(41)38(42)43)36(46-22-26-9-11-32(39)29(17-26)20-40)19-35(24)47-23-28-6-5-7-31(25(28)2)27-10-12-34-37(18-27)45-15-14-44-34/h5-7,9-12,16-19,33H,3-4,8,13-15,21-23H2,1-2H3,(H,42,43). The fourth-order valence-corrected chi connectivity index (χ4v) is 6.25. The lowest BCUT2D eigenvalue weighted by atomic mass is 9.96. The van der Waals surface area contributed by atoms with Gasteiger partial charge < -0.3 is 24.1 Å². The number of hydrogen-bond donors (Lipinski definition) is 1. The average molecular weight is 637 g/mol. The highest BCUT2D eigenvalue weighted by atomic mass is 19.1. The van der Waals surface area contributed by atoms with Crippen LogP contribution in [0.5, 0.6) is 23.0 Å². The lowest BCUT2D eigenvalue weighted by molar-refractivity contribution is -0.144. The molecule has 8 nitrogen and oxygen atoms in total. The highest BCUT2D eigenvalue weighted by Crippen LogP contribution is 2.37. The number of carboxylic acids is 1. The summed E-state index contributed by atoms with van der Waals surface area (Å²) in [7, 11) is 0. The smallest absolute Gasteiger partial charge is 0.320 e. The molecule has 0 spiro atoms. The Morgan fingerprint density at radius 1 is 0.957 bits per heavy atom. The first-order chi connectivity index (χ1) is 22.8. The van der Waals surface area contributed by atoms with Crippen molar-refractivity contribution in [2.24, 2.45) is 0 Å². The maximum atomic E-state index is 14.0. The van der Waals surface area contributed by atoms with E-state index in [1.807, 2.05) is 60.4 Å². The molecule has 0 saturated carbocycles. The predicted molar refractivity (Wildman–Crippen MR) is 174 cm³/mol. The van der Waals surface area contributed by atoms with Crippen LogP contribution < -0.4 is 18.9 Å². The maximum absolute atomic E-state index is 14.0. The van der Waals surface area contributed by atoms with E-state index in [9.17, 15) is 19.6 Å². The van der Waals surface area contributed by atoms with Gasteiger partial charge in [-0.3, -0.25) is 9.69 Å². The van der Waals surface area contributed by atoms with Gasteiger partial charge in [0.25, 0.3) is 0 Å². The van der Waals surface area contributed by atoms with Crippen LogP contribution in [0.25, 0.3) is 11.1 Å². The molecule has 6 rings (SSSR count). The van der Waals surface area contributed by atoms with Gasteiger partial charge in [0.2, 0.25) is 0 Å². The SMILES string of the molecule is Cc1cc(CN2CCCCC2C(=O)O)c(OCc2ccc(F)c(C#N)c2)cc1OCc1cccc(-c2ccc3c(c2)OCCO3)c1C. The molecule has 0 aromatic heterocycles. The highest BCUT2D eigenvalue weighted by molar-refractivity contribution is 5.73. The number of aryl methyl sites for hydroxylation is 1. The Bertz CT molecular complexity index is 1830. The quantitative estimate of drug-likeness (QED) is 0.193. The normalized spacial score (nSPS) is 15.9. The topological polar surface area (TPSA) is 101 Å². The third-order valence-corrected chi connectivity index (χ3v) is 8.86. The number of piperidine rings is 1. The fourth-order valence-electron chi connectivity index (χ4n) is 6.25. The summed E-state index contributed by atoms with van der Waals surface area (Å²) in [6.07, 6.45) is 2.41. The van der Waals surface area contributed by atoms with Crippen molar-refractivity contribution in [1.82, 2.24) is 4.90 Å². The molecule has 2 heterocycles. The van der Waals surface area contributed by atoms with Crippen LogP contribution in [0, 0.1) is 31.0 Å². The molecule has 1 saturated heterocycles. The molecule has 1 atom stereocenters. The van der Waals surface area contributed by atoms with Crippen LogP contribution >= 0.6 is 0 Å². The molecule has 4 aromatic rings. The lowest BCUT2D eigenvalue weighted by Gasteiger charge is -2.33. The predicted octanol–water partition coefficient (Wildman–Crippen LogP) is 7.35. The van der Waals surface area contributed by atoms with Crippen molar-refractivity contribution in [2.45, 2.75) is 58.9 Å². The maximum Gasteiger partial charge on any atom is 0.320 e. The molecule has 242 valence electrons. The third-order valence-electron chi connectivity index (χ3n) is 8.86. The van der Waals surface area contributed by atoms with Gasteiger partial charge in [-0.25, -0.2) is 4.39 Å². The van der Waals surface area contributed by atoms with Gasteiger partial charge in [0.15, 0.2) is 11.5 Å². The molecular weight excluding hydrogens is 599 g/mol. The molecule has 0 bridgehead atoms. The highest BCUT2D eigenvalue weighted by Gasteiger charge is 2.29. The van der Waals surface area contributed by atoms with Gasteiger partial charge in [-0.1, -0.05) is 36.8 Å². The average Bonchev–Trinajstić information content (AvgIpc) is 3.08. The minimum atomic E-state index is -0.826. The summed E-state index contributed by atoms with van der Waals surface area (Å²) in [5, 5.41) is 19.1. The molecule has 4 aromatic carbocycles. The van der Waals surface area contributed by atoms with Crippen LogP contribution in [0.15, 0.2) is 66.7 Å². The van der Waals surface area contributed by atoms with Crippen LogP contribution in [-0.4, -0.2) is 41.8 Å². The van der Waals surface area contributed by atoms with E-state index in [4.69, 9.17) is 18.9 Å². The number of hydrogen-bond acceptors (Lipinski definition) is 7. The molecule has 0 aliphatic carbocycles. The minimum Gasteiger partial charge on any atom is -0.488 e. The Morgan fingerprint density at radius 2 is 1.77 bits per heavy atom. The number of fused-ring (bicyclic) bond motifs is 1. The molecule has 1 N–H and O–H groups in total. The van der Waals surface area contributed by atoms with Crippen molar-refractivity contribution < 1.29 is 33.2 Å². The van der Waals surface area contributed by atoms with Gasteiger partial charge >= 0.3 is 5.97 Å². The molecule has 2 aliphatic rings. The van der Waals surface area contributed by atoms with E-state index in [1.54, 1.807) is 6.07 Å². The van der Waals surface area contributed by atoms with Gasteiger partial charge in [-0.05, 0) is 96.9 Å². The van der Waals surface area contributed by atoms with Crippen LogP contribution in [-0.2, 0) is 24.6 Å². The first kappa shape index (κ1) is 31.9. The summed E-state index contributed by atoms with van der Waals surface area (Å²) in [6, 6.07) is 21.6. The summed E-state index contributed by atoms with van der Waals surface area (Å²) in [5.41, 5.74) is 6.54. The number of carboxylic acid groups (broad SMARTS) is 1. The van der Waals surface area contributed by atoms with Crippen molar-refractivity contribution in [1.29, 1.82) is 5.26 Å². The van der Waals surface area contributed by atoms with Gasteiger partial charge in [-0.15, -0.1) is 0 Å². The molecule has 0 amide bonds. The minimum absolute atomic E-state index is 0.0503. The third kappa shape index (κ3) is 7.18. The number of nitrogens with zero attached hydrogens (tertiary/aromatic N) is 2. The Balaban J connectivity index is 1.26. The van der Waals surface area contributed by atoms with E-state index >= 15 is 0 Å². The second-order valence-corrected chi connectivity index (χ2v) is 12.0. The van der Waals surface area contributed by atoms with Crippen molar-refractivity contribution >= 4 is 5.97 Å². The van der Waals surface area contributed by atoms with E-state index in [2.05, 4.69) is 13.0 Å². The summed E-state index contributed by atoms with van der Waals surface area (Å²) in [5.74, 6) is 1.26. The molecule has 9 heteroatoms. The Hall–Kier alpha value is -5.07. The van der Waals surface area contributed by atoms with Gasteiger partial charge in [-0.2, -0.15) is 5.26 Å². The summed E-state index contributed by atoms with van der Waals surface area (Å²) < 4.78 is 38.1. The molecular formula is C38H37FN2O6. The number of aliphatic carboxylic acids is 1. The van der Waals surface area contributed by atoms with Crippen LogP contribution in [0.1, 0.15) is 52.6 Å². The number of halogens is 1. The molecule has 1 fully saturated rings. The number of nitriles is 1. The van der Waals surface area contributed by atoms with E-state index in [0.29, 0.717) is 56.4 Å². The van der Waals surface area contributed by atoms with Crippen molar-refractivity contribution in [3.63, 3.8) is 0 Å². The molecule has 2 aliphatic heterocycles. The fraction of sp³-hybridized carbons (Fsp3) is 0.316. The van der Waals surface area contributed by atoms with Crippen molar-refractivity contribution in [2.75, 3.05) is 19.8 Å². The van der Waals surface area contributed by atoms with Gasteiger partial charge in [0.05, 0.1) is 5.56 Å². The molecule has 0 radical (unpaired) electrons. The summed E-state index contributed by atoms with van der Waals surface area (Å²) >= 11 is 0. The largest absolute Gasteiger partial charge is 0.488 e. The zero-order chi connectivity index (χ0) is 32.9. The second-order valence-electron chi connectivity index (χ2n) is 12.0. The first-order valence-electron chi connectivity index (χ1n) is 15.8. The van der Waals surface area contributed by atoms with Gasteiger partial charge in [0, 0.05) is 18.2 Å². The Morgan fingerprint density at radius 3 is 2.57 bits per heavy atom. The van der Waals surface area contributed by atoms with Crippen LogP contribution in [0.3, 0.4) is 0 Å². The first-order valence-corrected chi connectivity index (χ1v) is 15.8. The number of benzene rings is 4. The van der Waals surface area contributed by atoms with E-state index in [1.165, 1.54) is 12.1 Å². The number of likely N-dealkylation sites (tertiary alicyclic amines) is 1. The number of ether oxygens (including phenoxy) is 4. The van der Waals surface area contributed by atoms with Crippen molar-refractivity contribution in [3.8, 4) is 40.2 Å². The van der Waals surface area contributed by atoms with Gasteiger partial charge in [0.1, 0.15) is 55.9 Å². The van der Waals surface area contributed by atoms with E-state index < -0.39 is 17.8 Å². The Kier molecular flexibility index (Phi) is 9.60. The van der Waals surface area contributed by atoms with E-state index in [-0.39, 0.29) is 12.2 Å². The monoisotopic (exact) mass is 636 g/mol. The summed E-state index contributed by atoms with van der Waals surface area (Å²) in [4.78, 5) is 14.0. The molecule has 47 heavy (non-hydrogen) atoms. The number of carbonyl (C=O) groups is 1. The summed E-state index contributed by atoms with van der Waals surface area (Å²) in [6.45, 7) is 6.60. The lowest BCUT2D eigenvalue weighted by Crippen LogP contribution is -2.44. The van der Waals surface area contributed by atoms with Crippen molar-refractivity contribution in [3.05, 3.63) is 106 Å². The number of rotatable bonds is 10. The zero-order valence-electron chi connectivity index (χ0n) is 26.6. The van der Waals surface area contributed by atoms with Crippen LogP contribution in [0.2, 0.25) is 0 Å². The Labute approximate surface area is 273 Å². The second kappa shape index (κ2) is 14.1. The zero-order valence-corrected chi connectivity index (χ0v) is 26.6.